The quantitative estimate of drug-likeness (QED) is 0.780. The zero-order valence-corrected chi connectivity index (χ0v) is 12.4. The summed E-state index contributed by atoms with van der Waals surface area (Å²) in [6.07, 6.45) is 1.53. The molecule has 7 heteroatoms. The Morgan fingerprint density at radius 1 is 1.29 bits per heavy atom. The van der Waals surface area contributed by atoms with Crippen molar-refractivity contribution in [3.05, 3.63) is 0 Å². The fraction of sp³-hybridized carbons (Fsp3) is 0.786. The van der Waals surface area contributed by atoms with E-state index in [4.69, 9.17) is 9.84 Å². The molecule has 0 bridgehead atoms. The van der Waals surface area contributed by atoms with Gasteiger partial charge >= 0.3 is 5.97 Å². The van der Waals surface area contributed by atoms with E-state index in [-0.39, 0.29) is 30.9 Å². The Kier molecular flexibility index (Phi) is 4.82. The lowest BCUT2D eigenvalue weighted by Gasteiger charge is -2.35. The van der Waals surface area contributed by atoms with Crippen LogP contribution in [0.4, 0.5) is 0 Å². The van der Waals surface area contributed by atoms with Crippen molar-refractivity contribution in [2.45, 2.75) is 25.8 Å². The summed E-state index contributed by atoms with van der Waals surface area (Å²) < 4.78 is 5.21. The highest BCUT2D eigenvalue weighted by atomic mass is 16.5. The summed E-state index contributed by atoms with van der Waals surface area (Å²) in [7, 11) is 1.63. The molecule has 2 fully saturated rings. The van der Waals surface area contributed by atoms with E-state index in [0.29, 0.717) is 13.1 Å². The number of carbonyl (C=O) groups is 3. The Hall–Kier alpha value is -1.63. The van der Waals surface area contributed by atoms with Crippen LogP contribution >= 0.6 is 0 Å². The van der Waals surface area contributed by atoms with Crippen LogP contribution in [-0.4, -0.2) is 72.1 Å². The summed E-state index contributed by atoms with van der Waals surface area (Å²) in [5.74, 6) is -1.98. The van der Waals surface area contributed by atoms with Crippen LogP contribution in [0.25, 0.3) is 0 Å². The van der Waals surface area contributed by atoms with E-state index in [1.165, 1.54) is 11.8 Å². The molecule has 3 atom stereocenters. The fourth-order valence-electron chi connectivity index (χ4n) is 3.08. The van der Waals surface area contributed by atoms with Crippen molar-refractivity contribution < 1.29 is 24.2 Å². The topological polar surface area (TPSA) is 87.2 Å². The molecular weight excluding hydrogens is 276 g/mol. The summed E-state index contributed by atoms with van der Waals surface area (Å²) in [6, 6.07) is -0.428. The van der Waals surface area contributed by atoms with Crippen molar-refractivity contribution in [2.24, 2.45) is 11.8 Å². The monoisotopic (exact) mass is 298 g/mol. The Morgan fingerprint density at radius 3 is 2.62 bits per heavy atom. The van der Waals surface area contributed by atoms with Crippen molar-refractivity contribution in [3.8, 4) is 0 Å². The summed E-state index contributed by atoms with van der Waals surface area (Å²) in [4.78, 5) is 38.4. The van der Waals surface area contributed by atoms with E-state index < -0.39 is 17.9 Å². The summed E-state index contributed by atoms with van der Waals surface area (Å²) in [5.41, 5.74) is 0. The normalized spacial score (nSPS) is 29.2. The largest absolute Gasteiger partial charge is 0.481 e. The number of piperidine rings is 1. The molecule has 1 N–H and O–H groups in total. The average Bonchev–Trinajstić information content (AvgIpc) is 2.95. The molecular formula is C14H22N2O5. The lowest BCUT2D eigenvalue weighted by atomic mass is 9.94. The third-order valence-corrected chi connectivity index (χ3v) is 4.43. The number of carboxylic acid groups (broad SMARTS) is 1. The number of carbonyl (C=O) groups excluding carboxylic acids is 2. The van der Waals surface area contributed by atoms with Gasteiger partial charge in [-0.25, -0.2) is 0 Å². The molecule has 0 aromatic rings. The third kappa shape index (κ3) is 3.34. The number of carboxylic acids is 1. The van der Waals surface area contributed by atoms with Gasteiger partial charge in [-0.2, -0.15) is 0 Å². The molecule has 118 valence electrons. The zero-order valence-electron chi connectivity index (χ0n) is 12.4. The van der Waals surface area contributed by atoms with Crippen molar-refractivity contribution >= 4 is 17.8 Å². The first-order valence-corrected chi connectivity index (χ1v) is 7.24. The van der Waals surface area contributed by atoms with Crippen LogP contribution in [0.5, 0.6) is 0 Å². The first kappa shape index (κ1) is 15.8. The van der Waals surface area contributed by atoms with E-state index in [9.17, 15) is 14.4 Å². The second kappa shape index (κ2) is 6.43. The standard InChI is InChI=1S/C14H22N2O5/c1-9(17)16-5-3-4-10(6-16)13(18)15(2)12-8-21-7-11(12)14(19)20/h10-12H,3-8H2,1-2H3,(H,19,20). The molecule has 2 rings (SSSR count). The zero-order chi connectivity index (χ0) is 15.6. The number of nitrogens with zero attached hydrogens (tertiary/aromatic N) is 2. The second-order valence-electron chi connectivity index (χ2n) is 5.80. The predicted molar refractivity (Wildman–Crippen MR) is 73.5 cm³/mol. The van der Waals surface area contributed by atoms with Crippen LogP contribution in [0, 0.1) is 11.8 Å². The highest BCUT2D eigenvalue weighted by molar-refractivity contribution is 5.82. The maximum atomic E-state index is 12.6. The van der Waals surface area contributed by atoms with Gasteiger partial charge in [0.15, 0.2) is 0 Å². The molecule has 2 amide bonds. The number of likely N-dealkylation sites (tertiary alicyclic amines) is 1. The molecule has 2 aliphatic heterocycles. The molecule has 2 aliphatic rings. The van der Waals surface area contributed by atoms with Gasteiger partial charge in [0.05, 0.1) is 25.2 Å². The minimum Gasteiger partial charge on any atom is -0.481 e. The van der Waals surface area contributed by atoms with E-state index in [0.717, 1.165) is 12.8 Å². The van der Waals surface area contributed by atoms with Crippen LogP contribution in [0.1, 0.15) is 19.8 Å². The average molecular weight is 298 g/mol. The second-order valence-corrected chi connectivity index (χ2v) is 5.80. The molecule has 2 saturated heterocycles. The summed E-state index contributed by atoms with van der Waals surface area (Å²) in [5, 5.41) is 9.17. The van der Waals surface area contributed by atoms with Gasteiger partial charge in [0.2, 0.25) is 11.8 Å². The van der Waals surface area contributed by atoms with Gasteiger partial charge in [0.1, 0.15) is 5.92 Å². The van der Waals surface area contributed by atoms with Gasteiger partial charge in [-0.15, -0.1) is 0 Å². The molecule has 0 aromatic heterocycles. The third-order valence-electron chi connectivity index (χ3n) is 4.43. The van der Waals surface area contributed by atoms with E-state index in [1.54, 1.807) is 11.9 Å². The molecule has 0 saturated carbocycles. The minimum atomic E-state index is -0.939. The highest BCUT2D eigenvalue weighted by Crippen LogP contribution is 2.24. The van der Waals surface area contributed by atoms with E-state index >= 15 is 0 Å². The molecule has 3 unspecified atom stereocenters. The van der Waals surface area contributed by atoms with Crippen LogP contribution < -0.4 is 0 Å². The van der Waals surface area contributed by atoms with E-state index in [1.807, 2.05) is 0 Å². The minimum absolute atomic E-state index is 0.0252. The number of ether oxygens (including phenoxy) is 1. The molecule has 21 heavy (non-hydrogen) atoms. The SMILES string of the molecule is CC(=O)N1CCCC(C(=O)N(C)C2COCC2C(=O)O)C1. The molecule has 7 nitrogen and oxygen atoms in total. The first-order valence-electron chi connectivity index (χ1n) is 7.24. The molecule has 0 aliphatic carbocycles. The lowest BCUT2D eigenvalue weighted by Crippen LogP contribution is -2.50. The smallest absolute Gasteiger partial charge is 0.311 e. The highest BCUT2D eigenvalue weighted by Gasteiger charge is 2.40. The molecule has 0 radical (unpaired) electrons. The van der Waals surface area contributed by atoms with Crippen LogP contribution in [-0.2, 0) is 19.1 Å². The molecule has 0 spiro atoms. The van der Waals surface area contributed by atoms with Crippen molar-refractivity contribution in [1.82, 2.24) is 9.80 Å². The number of amides is 2. The van der Waals surface area contributed by atoms with Gasteiger partial charge in [0.25, 0.3) is 0 Å². The number of likely N-dealkylation sites (N-methyl/N-ethyl adjacent to an activating group) is 1. The lowest BCUT2D eigenvalue weighted by molar-refractivity contribution is -0.146. The van der Waals surface area contributed by atoms with Gasteiger partial charge < -0.3 is 19.6 Å². The van der Waals surface area contributed by atoms with Crippen LogP contribution in [0.3, 0.4) is 0 Å². The molecule has 0 aromatic carbocycles. The Labute approximate surface area is 123 Å². The van der Waals surface area contributed by atoms with Crippen LogP contribution in [0.15, 0.2) is 0 Å². The molecule has 2 heterocycles. The summed E-state index contributed by atoms with van der Waals surface area (Å²) >= 11 is 0. The van der Waals surface area contributed by atoms with Crippen LogP contribution in [0.2, 0.25) is 0 Å². The Morgan fingerprint density at radius 2 is 2.00 bits per heavy atom. The summed E-state index contributed by atoms with van der Waals surface area (Å²) in [6.45, 7) is 3.00. The number of hydrogen-bond acceptors (Lipinski definition) is 4. The van der Waals surface area contributed by atoms with Gasteiger partial charge in [0, 0.05) is 27.1 Å². The fourth-order valence-corrected chi connectivity index (χ4v) is 3.08. The van der Waals surface area contributed by atoms with Crippen molar-refractivity contribution in [1.29, 1.82) is 0 Å². The van der Waals surface area contributed by atoms with Crippen molar-refractivity contribution in [2.75, 3.05) is 33.4 Å². The van der Waals surface area contributed by atoms with Gasteiger partial charge in [-0.3, -0.25) is 14.4 Å². The Balaban J connectivity index is 2.01. The maximum Gasteiger partial charge on any atom is 0.311 e. The van der Waals surface area contributed by atoms with Gasteiger partial charge in [-0.1, -0.05) is 0 Å². The maximum absolute atomic E-state index is 12.6. The first-order chi connectivity index (χ1) is 9.91. The van der Waals surface area contributed by atoms with Crippen molar-refractivity contribution in [3.63, 3.8) is 0 Å². The van der Waals surface area contributed by atoms with E-state index in [2.05, 4.69) is 0 Å². The Bertz CT molecular complexity index is 439. The number of hydrogen-bond donors (Lipinski definition) is 1. The predicted octanol–water partition coefficient (Wildman–Crippen LogP) is -0.197. The number of rotatable bonds is 3. The number of aliphatic carboxylic acids is 1. The van der Waals surface area contributed by atoms with Gasteiger partial charge in [-0.05, 0) is 12.8 Å².